The molecule has 2 heterocycles. The summed E-state index contributed by atoms with van der Waals surface area (Å²) in [6.07, 6.45) is 1.00. The minimum atomic E-state index is 0.127. The van der Waals surface area contributed by atoms with Crippen LogP contribution < -0.4 is 4.74 Å². The van der Waals surface area contributed by atoms with Crippen LogP contribution in [0.15, 0.2) is 40.8 Å². The number of rotatable bonds is 10. The van der Waals surface area contributed by atoms with Gasteiger partial charge in [-0.3, -0.25) is 9.67 Å². The van der Waals surface area contributed by atoms with Crippen molar-refractivity contribution in [3.63, 3.8) is 0 Å². The van der Waals surface area contributed by atoms with Crippen LogP contribution in [-0.2, 0) is 18.6 Å². The molecule has 3 aromatic rings. The zero-order valence-electron chi connectivity index (χ0n) is 19.3. The van der Waals surface area contributed by atoms with Crippen molar-refractivity contribution in [3.05, 3.63) is 52.5 Å². The average molecular weight is 443 g/mol. The molecule has 2 aromatic heterocycles. The maximum Gasteiger partial charge on any atom is 0.198 e. The molecule has 1 N–H and O–H groups in total. The largest absolute Gasteiger partial charge is 0.486 e. The molecule has 0 atom stereocenters. The third-order valence-corrected chi connectivity index (χ3v) is 5.80. The number of benzene rings is 1. The molecule has 0 bridgehead atoms. The Labute approximate surface area is 190 Å². The standard InChI is InChI=1S/C24H34N4O2S/c1-6-27(7-2)15-8-16-28-22(25-26-23(28)31)21-14-13-20(30-21)17-29-19-11-9-18(10-12-19)24(3,4)5/h9-14H,6-8,15-17H2,1-5H3,(H,26,31). The minimum absolute atomic E-state index is 0.127. The van der Waals surface area contributed by atoms with Crippen LogP contribution in [0.5, 0.6) is 5.75 Å². The van der Waals surface area contributed by atoms with Crippen LogP contribution in [0.3, 0.4) is 0 Å². The number of nitrogens with one attached hydrogen (secondary N) is 1. The first-order chi connectivity index (χ1) is 14.8. The van der Waals surface area contributed by atoms with E-state index in [9.17, 15) is 0 Å². The molecular weight excluding hydrogens is 408 g/mol. The summed E-state index contributed by atoms with van der Waals surface area (Å²) in [5.74, 6) is 2.99. The van der Waals surface area contributed by atoms with Gasteiger partial charge in [-0.25, -0.2) is 0 Å². The zero-order valence-corrected chi connectivity index (χ0v) is 20.1. The summed E-state index contributed by atoms with van der Waals surface area (Å²) in [4.78, 5) is 2.40. The van der Waals surface area contributed by atoms with E-state index in [1.165, 1.54) is 5.56 Å². The molecule has 6 nitrogen and oxygen atoms in total. The smallest absolute Gasteiger partial charge is 0.198 e. The van der Waals surface area contributed by atoms with Gasteiger partial charge in [0.05, 0.1) is 0 Å². The van der Waals surface area contributed by atoms with Crippen LogP contribution in [0.25, 0.3) is 11.6 Å². The van der Waals surface area contributed by atoms with E-state index in [1.54, 1.807) is 0 Å². The Morgan fingerprint density at radius 1 is 1.10 bits per heavy atom. The van der Waals surface area contributed by atoms with Crippen LogP contribution in [0.4, 0.5) is 0 Å². The van der Waals surface area contributed by atoms with Gasteiger partial charge in [0.25, 0.3) is 0 Å². The highest BCUT2D eigenvalue weighted by molar-refractivity contribution is 7.71. The maximum atomic E-state index is 6.01. The van der Waals surface area contributed by atoms with E-state index in [0.29, 0.717) is 17.1 Å². The van der Waals surface area contributed by atoms with Crippen molar-refractivity contribution in [3.8, 4) is 17.3 Å². The number of H-pyrrole nitrogens is 1. The van der Waals surface area contributed by atoms with Crippen LogP contribution in [-0.4, -0.2) is 39.3 Å². The number of aromatic nitrogens is 3. The van der Waals surface area contributed by atoms with Crippen molar-refractivity contribution >= 4 is 12.2 Å². The van der Waals surface area contributed by atoms with Crippen molar-refractivity contribution in [2.75, 3.05) is 19.6 Å². The third-order valence-electron chi connectivity index (χ3n) is 5.49. The summed E-state index contributed by atoms with van der Waals surface area (Å²) >= 11 is 5.43. The van der Waals surface area contributed by atoms with E-state index in [-0.39, 0.29) is 5.41 Å². The molecule has 168 valence electrons. The SMILES string of the molecule is CCN(CC)CCCn1c(-c2ccc(COc3ccc(C(C)(C)C)cc3)o2)n[nH]c1=S. The fourth-order valence-corrected chi connectivity index (χ4v) is 3.71. The average Bonchev–Trinajstić information content (AvgIpc) is 3.36. The van der Waals surface area contributed by atoms with E-state index < -0.39 is 0 Å². The summed E-state index contributed by atoms with van der Waals surface area (Å²) < 4.78 is 14.5. The number of aromatic amines is 1. The van der Waals surface area contributed by atoms with E-state index in [1.807, 2.05) is 28.8 Å². The van der Waals surface area contributed by atoms with Crippen LogP contribution >= 0.6 is 12.2 Å². The van der Waals surface area contributed by atoms with Gasteiger partial charge >= 0.3 is 0 Å². The fourth-order valence-electron chi connectivity index (χ4n) is 3.49. The molecule has 7 heteroatoms. The molecule has 0 unspecified atom stereocenters. The molecule has 0 radical (unpaired) electrons. The van der Waals surface area contributed by atoms with Crippen molar-refractivity contribution in [2.45, 2.75) is 59.6 Å². The predicted molar refractivity (Wildman–Crippen MR) is 127 cm³/mol. The number of hydrogen-bond acceptors (Lipinski definition) is 5. The lowest BCUT2D eigenvalue weighted by atomic mass is 9.87. The third kappa shape index (κ3) is 6.08. The Kier molecular flexibility index (Phi) is 7.73. The van der Waals surface area contributed by atoms with Gasteiger partial charge < -0.3 is 14.1 Å². The van der Waals surface area contributed by atoms with Gasteiger partial charge in [0.1, 0.15) is 18.1 Å². The highest BCUT2D eigenvalue weighted by atomic mass is 32.1. The van der Waals surface area contributed by atoms with Gasteiger partial charge in [-0.2, -0.15) is 5.10 Å². The molecule has 0 fully saturated rings. The first kappa shape index (κ1) is 23.3. The number of hydrogen-bond donors (Lipinski definition) is 1. The molecule has 31 heavy (non-hydrogen) atoms. The number of ether oxygens (including phenoxy) is 1. The molecule has 0 saturated heterocycles. The van der Waals surface area contributed by atoms with Crippen LogP contribution in [0, 0.1) is 4.77 Å². The second-order valence-corrected chi connectivity index (χ2v) is 9.10. The Hall–Kier alpha value is -2.38. The summed E-state index contributed by atoms with van der Waals surface area (Å²) in [5.41, 5.74) is 1.41. The number of furan rings is 1. The quantitative estimate of drug-likeness (QED) is 0.402. The first-order valence-electron chi connectivity index (χ1n) is 11.0. The predicted octanol–water partition coefficient (Wildman–Crippen LogP) is 5.81. The summed E-state index contributed by atoms with van der Waals surface area (Å²) in [5, 5.41) is 7.28. The molecular formula is C24H34N4O2S. The molecule has 0 aliphatic rings. The lowest BCUT2D eigenvalue weighted by molar-refractivity contribution is 0.271. The van der Waals surface area contributed by atoms with Gasteiger partial charge in [-0.15, -0.1) is 0 Å². The van der Waals surface area contributed by atoms with Crippen LogP contribution in [0.2, 0.25) is 0 Å². The van der Waals surface area contributed by atoms with Crippen molar-refractivity contribution in [1.29, 1.82) is 0 Å². The second kappa shape index (κ2) is 10.3. The normalized spacial score (nSPS) is 11.9. The van der Waals surface area contributed by atoms with E-state index in [0.717, 1.165) is 49.9 Å². The van der Waals surface area contributed by atoms with Gasteiger partial charge in [0.15, 0.2) is 16.4 Å². The molecule has 0 spiro atoms. The molecule has 0 aliphatic heterocycles. The molecule has 3 rings (SSSR count). The summed E-state index contributed by atoms with van der Waals surface area (Å²) in [6.45, 7) is 15.3. The summed E-state index contributed by atoms with van der Waals surface area (Å²) in [7, 11) is 0. The zero-order chi connectivity index (χ0) is 22.4. The fraction of sp³-hybridized carbons (Fsp3) is 0.500. The van der Waals surface area contributed by atoms with Crippen molar-refractivity contribution < 1.29 is 9.15 Å². The Bertz CT molecular complexity index is 1010. The molecule has 0 aliphatic carbocycles. The lowest BCUT2D eigenvalue weighted by Crippen LogP contribution is -2.24. The van der Waals surface area contributed by atoms with Crippen molar-refractivity contribution in [2.24, 2.45) is 0 Å². The molecule has 1 aromatic carbocycles. The Morgan fingerprint density at radius 3 is 2.45 bits per heavy atom. The van der Waals surface area contributed by atoms with E-state index >= 15 is 0 Å². The maximum absolute atomic E-state index is 6.01. The summed E-state index contributed by atoms with van der Waals surface area (Å²) in [6, 6.07) is 12.1. The topological polar surface area (TPSA) is 59.2 Å². The van der Waals surface area contributed by atoms with Crippen molar-refractivity contribution in [1.82, 2.24) is 19.7 Å². The lowest BCUT2D eigenvalue weighted by Gasteiger charge is -2.19. The second-order valence-electron chi connectivity index (χ2n) is 8.71. The first-order valence-corrected chi connectivity index (χ1v) is 11.4. The Morgan fingerprint density at radius 2 is 1.81 bits per heavy atom. The monoisotopic (exact) mass is 442 g/mol. The Balaban J connectivity index is 1.62. The van der Waals surface area contributed by atoms with E-state index in [2.05, 4.69) is 61.8 Å². The highest BCUT2D eigenvalue weighted by Gasteiger charge is 2.15. The van der Waals surface area contributed by atoms with Gasteiger partial charge in [-0.05, 0) is 73.5 Å². The molecule has 0 saturated carbocycles. The van der Waals surface area contributed by atoms with Gasteiger partial charge in [0, 0.05) is 6.54 Å². The van der Waals surface area contributed by atoms with Gasteiger partial charge in [0.2, 0.25) is 0 Å². The molecule has 0 amide bonds. The van der Waals surface area contributed by atoms with E-state index in [4.69, 9.17) is 21.4 Å². The highest BCUT2D eigenvalue weighted by Crippen LogP contribution is 2.25. The van der Waals surface area contributed by atoms with Gasteiger partial charge in [-0.1, -0.05) is 46.8 Å². The minimum Gasteiger partial charge on any atom is -0.486 e. The van der Waals surface area contributed by atoms with Crippen LogP contribution in [0.1, 0.15) is 52.4 Å². The number of nitrogens with zero attached hydrogens (tertiary/aromatic N) is 3.